The van der Waals surface area contributed by atoms with Crippen LogP contribution in [-0.2, 0) is 0 Å². The van der Waals surface area contributed by atoms with Crippen LogP contribution in [0.3, 0.4) is 0 Å². The van der Waals surface area contributed by atoms with Gasteiger partial charge in [0, 0.05) is 18.2 Å². The van der Waals surface area contributed by atoms with Crippen molar-refractivity contribution >= 4 is 11.6 Å². The van der Waals surface area contributed by atoms with Crippen LogP contribution in [-0.4, -0.2) is 22.6 Å². The van der Waals surface area contributed by atoms with Crippen LogP contribution in [0.1, 0.15) is 37.6 Å². The summed E-state index contributed by atoms with van der Waals surface area (Å²) in [4.78, 5) is 11.3. The molecule has 0 amide bonds. The van der Waals surface area contributed by atoms with Gasteiger partial charge in [-0.3, -0.25) is 0 Å². The van der Waals surface area contributed by atoms with Crippen molar-refractivity contribution in [2.75, 3.05) is 16.9 Å². The minimum Gasteiger partial charge on any atom is -0.353 e. The van der Waals surface area contributed by atoms with Gasteiger partial charge in [-0.2, -0.15) is 0 Å². The second-order valence-electron chi connectivity index (χ2n) is 4.61. The second-order valence-corrected chi connectivity index (χ2v) is 4.61. The zero-order valence-electron chi connectivity index (χ0n) is 10.8. The molecule has 0 saturated carbocycles. The summed E-state index contributed by atoms with van der Waals surface area (Å²) in [7, 11) is 0. The van der Waals surface area contributed by atoms with Gasteiger partial charge in [0.25, 0.3) is 0 Å². The molecule has 94 valence electrons. The van der Waals surface area contributed by atoms with Crippen molar-refractivity contribution in [3.63, 3.8) is 0 Å². The molecule has 5 nitrogen and oxygen atoms in total. The molecule has 1 unspecified atom stereocenters. The predicted octanol–water partition coefficient (Wildman–Crippen LogP) is 1.76. The van der Waals surface area contributed by atoms with E-state index in [0.29, 0.717) is 6.04 Å². The fourth-order valence-electron chi connectivity index (χ4n) is 2.57. The summed E-state index contributed by atoms with van der Waals surface area (Å²) in [5, 5.41) is 0. The third kappa shape index (κ3) is 2.20. The molecule has 0 aromatic carbocycles. The molecular formula is C12H21N5. The van der Waals surface area contributed by atoms with Crippen LogP contribution < -0.4 is 16.2 Å². The van der Waals surface area contributed by atoms with Gasteiger partial charge < -0.3 is 10.3 Å². The van der Waals surface area contributed by atoms with Crippen LogP contribution in [0.4, 0.5) is 11.6 Å². The highest BCUT2D eigenvalue weighted by molar-refractivity contribution is 5.59. The number of hydrogen-bond acceptors (Lipinski definition) is 5. The molecule has 0 radical (unpaired) electrons. The molecule has 1 atom stereocenters. The molecule has 1 saturated heterocycles. The normalized spacial score (nSPS) is 19.8. The topological polar surface area (TPSA) is 67.1 Å². The molecule has 5 heteroatoms. The Morgan fingerprint density at radius 1 is 1.41 bits per heavy atom. The molecule has 1 aliphatic heterocycles. The van der Waals surface area contributed by atoms with E-state index in [1.165, 1.54) is 12.8 Å². The standard InChI is InChI=1S/C12H21N5/c1-4-10-6-5-7-17(10)12-8(2)11(16-13)14-9(3)15-12/h10H,4-7,13H2,1-3H3,(H,14,15,16). The van der Waals surface area contributed by atoms with E-state index >= 15 is 0 Å². The first-order valence-corrected chi connectivity index (χ1v) is 6.25. The first-order chi connectivity index (χ1) is 8.17. The average molecular weight is 235 g/mol. The first-order valence-electron chi connectivity index (χ1n) is 6.25. The van der Waals surface area contributed by atoms with Crippen molar-refractivity contribution in [1.29, 1.82) is 0 Å². The van der Waals surface area contributed by atoms with E-state index in [2.05, 4.69) is 27.2 Å². The summed E-state index contributed by atoms with van der Waals surface area (Å²) >= 11 is 0. The lowest BCUT2D eigenvalue weighted by Crippen LogP contribution is -2.30. The number of aryl methyl sites for hydroxylation is 1. The molecule has 1 aromatic heterocycles. The van der Waals surface area contributed by atoms with Crippen molar-refractivity contribution in [3.05, 3.63) is 11.4 Å². The molecule has 2 rings (SSSR count). The quantitative estimate of drug-likeness (QED) is 0.617. The first kappa shape index (κ1) is 12.1. The van der Waals surface area contributed by atoms with Crippen molar-refractivity contribution in [1.82, 2.24) is 9.97 Å². The fraction of sp³-hybridized carbons (Fsp3) is 0.667. The van der Waals surface area contributed by atoms with Crippen LogP contribution in [0, 0.1) is 13.8 Å². The third-order valence-corrected chi connectivity index (χ3v) is 3.49. The Bertz CT molecular complexity index is 404. The second kappa shape index (κ2) is 4.87. The molecule has 0 spiro atoms. The van der Waals surface area contributed by atoms with Crippen LogP contribution in [0.2, 0.25) is 0 Å². The van der Waals surface area contributed by atoms with Crippen LogP contribution in [0.25, 0.3) is 0 Å². The minimum atomic E-state index is 0.605. The third-order valence-electron chi connectivity index (χ3n) is 3.49. The van der Waals surface area contributed by atoms with E-state index in [1.54, 1.807) is 0 Å². The van der Waals surface area contributed by atoms with Gasteiger partial charge in [-0.15, -0.1) is 0 Å². The highest BCUT2D eigenvalue weighted by Crippen LogP contribution is 2.30. The Balaban J connectivity index is 2.40. The Morgan fingerprint density at radius 2 is 2.18 bits per heavy atom. The highest BCUT2D eigenvalue weighted by atomic mass is 15.3. The van der Waals surface area contributed by atoms with Crippen molar-refractivity contribution < 1.29 is 0 Å². The smallest absolute Gasteiger partial charge is 0.148 e. The summed E-state index contributed by atoms with van der Waals surface area (Å²) in [5.41, 5.74) is 3.70. The van der Waals surface area contributed by atoms with Gasteiger partial charge in [-0.25, -0.2) is 15.8 Å². The molecule has 0 bridgehead atoms. The van der Waals surface area contributed by atoms with Gasteiger partial charge in [0.1, 0.15) is 17.5 Å². The molecule has 1 fully saturated rings. The molecule has 2 heterocycles. The number of rotatable bonds is 3. The van der Waals surface area contributed by atoms with E-state index in [9.17, 15) is 0 Å². The number of nitrogens with zero attached hydrogens (tertiary/aromatic N) is 3. The zero-order valence-corrected chi connectivity index (χ0v) is 10.8. The maximum absolute atomic E-state index is 5.50. The highest BCUT2D eigenvalue weighted by Gasteiger charge is 2.26. The summed E-state index contributed by atoms with van der Waals surface area (Å²) in [6.45, 7) is 7.24. The number of hydrogen-bond donors (Lipinski definition) is 2. The van der Waals surface area contributed by atoms with E-state index in [0.717, 1.165) is 36.0 Å². The number of hydrazine groups is 1. The van der Waals surface area contributed by atoms with Gasteiger partial charge in [-0.05, 0) is 33.1 Å². The number of anilines is 2. The van der Waals surface area contributed by atoms with Gasteiger partial charge >= 0.3 is 0 Å². The summed E-state index contributed by atoms with van der Waals surface area (Å²) in [6, 6.07) is 0.605. The van der Waals surface area contributed by atoms with E-state index in [4.69, 9.17) is 5.84 Å². The Labute approximate surface area is 102 Å². The maximum atomic E-state index is 5.50. The zero-order chi connectivity index (χ0) is 12.4. The Kier molecular flexibility index (Phi) is 3.47. The summed E-state index contributed by atoms with van der Waals surface area (Å²) in [6.07, 6.45) is 3.66. The Hall–Kier alpha value is -1.36. The number of aromatic nitrogens is 2. The lowest BCUT2D eigenvalue weighted by molar-refractivity contribution is 0.638. The molecule has 1 aliphatic rings. The van der Waals surface area contributed by atoms with E-state index in [-0.39, 0.29) is 0 Å². The van der Waals surface area contributed by atoms with Gasteiger partial charge in [0.2, 0.25) is 0 Å². The number of nitrogens with one attached hydrogen (secondary N) is 1. The maximum Gasteiger partial charge on any atom is 0.148 e. The number of nitrogens with two attached hydrogens (primary N) is 1. The van der Waals surface area contributed by atoms with Crippen LogP contribution >= 0.6 is 0 Å². The molecular weight excluding hydrogens is 214 g/mol. The minimum absolute atomic E-state index is 0.605. The van der Waals surface area contributed by atoms with E-state index < -0.39 is 0 Å². The lowest BCUT2D eigenvalue weighted by Gasteiger charge is -2.27. The molecule has 17 heavy (non-hydrogen) atoms. The van der Waals surface area contributed by atoms with Crippen molar-refractivity contribution in [2.24, 2.45) is 5.84 Å². The number of nitrogen functional groups attached to an aromatic ring is 1. The van der Waals surface area contributed by atoms with Gasteiger partial charge in [0.05, 0.1) is 0 Å². The average Bonchev–Trinajstić information content (AvgIpc) is 2.79. The predicted molar refractivity (Wildman–Crippen MR) is 70.0 cm³/mol. The summed E-state index contributed by atoms with van der Waals surface area (Å²) < 4.78 is 0. The monoisotopic (exact) mass is 235 g/mol. The molecule has 1 aromatic rings. The van der Waals surface area contributed by atoms with Crippen molar-refractivity contribution in [2.45, 2.75) is 46.1 Å². The molecule has 0 aliphatic carbocycles. The van der Waals surface area contributed by atoms with E-state index in [1.807, 2.05) is 13.8 Å². The Morgan fingerprint density at radius 3 is 2.82 bits per heavy atom. The largest absolute Gasteiger partial charge is 0.353 e. The van der Waals surface area contributed by atoms with Crippen LogP contribution in [0.5, 0.6) is 0 Å². The van der Waals surface area contributed by atoms with Crippen LogP contribution in [0.15, 0.2) is 0 Å². The lowest BCUT2D eigenvalue weighted by atomic mass is 10.1. The van der Waals surface area contributed by atoms with Gasteiger partial charge in [0.15, 0.2) is 0 Å². The van der Waals surface area contributed by atoms with Crippen molar-refractivity contribution in [3.8, 4) is 0 Å². The fourth-order valence-corrected chi connectivity index (χ4v) is 2.57. The summed E-state index contributed by atoms with van der Waals surface area (Å²) in [5.74, 6) is 8.03. The molecule has 3 N–H and O–H groups in total. The van der Waals surface area contributed by atoms with Gasteiger partial charge in [-0.1, -0.05) is 6.92 Å². The SMILES string of the molecule is CCC1CCCN1c1nc(C)nc(NN)c1C.